The lowest BCUT2D eigenvalue weighted by Gasteiger charge is -2.24. The standard InChI is InChI=1S/C25H35NO6/c1-17(25(28)31-6)9-7-13-26(14-8-10-21-12-11-18(2)32-21)24(27)20-15-22(29-4)19(3)23(16-20)30-5/h11-12,15-17H,7-10,13-14H2,1-6H3. The molecule has 1 aromatic carbocycles. The highest BCUT2D eigenvalue weighted by atomic mass is 16.5. The normalized spacial score (nSPS) is 11.7. The zero-order valence-electron chi connectivity index (χ0n) is 20.0. The van der Waals surface area contributed by atoms with Crippen molar-refractivity contribution in [3.05, 3.63) is 46.9 Å². The lowest BCUT2D eigenvalue weighted by molar-refractivity contribution is -0.145. The van der Waals surface area contributed by atoms with Gasteiger partial charge in [0.1, 0.15) is 23.0 Å². The molecule has 0 N–H and O–H groups in total. The van der Waals surface area contributed by atoms with Crippen LogP contribution in [0.5, 0.6) is 11.5 Å². The summed E-state index contributed by atoms with van der Waals surface area (Å²) in [5.41, 5.74) is 1.36. The molecular weight excluding hydrogens is 410 g/mol. The molecule has 0 aliphatic heterocycles. The Labute approximate surface area is 190 Å². The van der Waals surface area contributed by atoms with Crippen LogP contribution in [0, 0.1) is 19.8 Å². The number of nitrogens with zero attached hydrogens (tertiary/aromatic N) is 1. The molecule has 7 nitrogen and oxygen atoms in total. The lowest BCUT2D eigenvalue weighted by Crippen LogP contribution is -2.33. The van der Waals surface area contributed by atoms with Gasteiger partial charge in [-0.05, 0) is 57.4 Å². The summed E-state index contributed by atoms with van der Waals surface area (Å²) in [5.74, 6) is 2.47. The minimum absolute atomic E-state index is 0.0945. The van der Waals surface area contributed by atoms with Gasteiger partial charge >= 0.3 is 5.97 Å². The van der Waals surface area contributed by atoms with E-state index in [1.807, 2.05) is 37.8 Å². The first kappa shape index (κ1) is 25.3. The van der Waals surface area contributed by atoms with E-state index in [0.717, 1.165) is 29.9 Å². The first-order valence-electron chi connectivity index (χ1n) is 11.0. The Morgan fingerprint density at radius 3 is 2.16 bits per heavy atom. The molecule has 0 spiro atoms. The van der Waals surface area contributed by atoms with Gasteiger partial charge in [0.25, 0.3) is 5.91 Å². The van der Waals surface area contributed by atoms with Gasteiger partial charge in [0.2, 0.25) is 0 Å². The Hall–Kier alpha value is -2.96. The first-order valence-corrected chi connectivity index (χ1v) is 11.0. The summed E-state index contributed by atoms with van der Waals surface area (Å²) in [7, 11) is 4.55. The number of esters is 1. The van der Waals surface area contributed by atoms with Crippen molar-refractivity contribution in [1.29, 1.82) is 0 Å². The quantitative estimate of drug-likeness (QED) is 0.445. The summed E-state index contributed by atoms with van der Waals surface area (Å²) in [6.45, 7) is 6.76. The Morgan fingerprint density at radius 2 is 1.62 bits per heavy atom. The fourth-order valence-corrected chi connectivity index (χ4v) is 3.68. The monoisotopic (exact) mass is 445 g/mol. The minimum Gasteiger partial charge on any atom is -0.496 e. The number of rotatable bonds is 12. The van der Waals surface area contributed by atoms with E-state index in [1.54, 1.807) is 26.4 Å². The van der Waals surface area contributed by atoms with E-state index in [0.29, 0.717) is 43.0 Å². The average molecular weight is 446 g/mol. The van der Waals surface area contributed by atoms with Crippen LogP contribution in [0.4, 0.5) is 0 Å². The van der Waals surface area contributed by atoms with Crippen molar-refractivity contribution >= 4 is 11.9 Å². The highest BCUT2D eigenvalue weighted by Gasteiger charge is 2.20. The third-order valence-corrected chi connectivity index (χ3v) is 5.60. The molecule has 2 aromatic rings. The molecule has 0 fully saturated rings. The van der Waals surface area contributed by atoms with Crippen LogP contribution >= 0.6 is 0 Å². The highest BCUT2D eigenvalue weighted by molar-refractivity contribution is 5.95. The molecule has 1 aromatic heterocycles. The largest absolute Gasteiger partial charge is 0.496 e. The van der Waals surface area contributed by atoms with Crippen molar-refractivity contribution < 1.29 is 28.2 Å². The van der Waals surface area contributed by atoms with Gasteiger partial charge in [0, 0.05) is 30.6 Å². The topological polar surface area (TPSA) is 78.2 Å². The van der Waals surface area contributed by atoms with Crippen molar-refractivity contribution in [3.8, 4) is 11.5 Å². The molecule has 0 radical (unpaired) electrons. The van der Waals surface area contributed by atoms with Crippen LogP contribution in [0.1, 0.15) is 53.6 Å². The molecule has 7 heteroatoms. The van der Waals surface area contributed by atoms with E-state index in [4.69, 9.17) is 18.6 Å². The fraction of sp³-hybridized carbons (Fsp3) is 0.520. The zero-order valence-corrected chi connectivity index (χ0v) is 20.0. The van der Waals surface area contributed by atoms with Crippen molar-refractivity contribution in [3.63, 3.8) is 0 Å². The molecule has 0 saturated heterocycles. The molecule has 0 bridgehead atoms. The molecule has 1 unspecified atom stereocenters. The SMILES string of the molecule is COC(=O)C(C)CCCN(CCCc1ccc(C)o1)C(=O)c1cc(OC)c(C)c(OC)c1. The molecular formula is C25H35NO6. The van der Waals surface area contributed by atoms with Gasteiger partial charge in [0.05, 0.1) is 27.2 Å². The number of hydrogen-bond acceptors (Lipinski definition) is 6. The maximum absolute atomic E-state index is 13.4. The van der Waals surface area contributed by atoms with Gasteiger partial charge < -0.3 is 23.5 Å². The van der Waals surface area contributed by atoms with E-state index >= 15 is 0 Å². The maximum atomic E-state index is 13.4. The van der Waals surface area contributed by atoms with Gasteiger partial charge in [-0.3, -0.25) is 9.59 Å². The van der Waals surface area contributed by atoms with Crippen LogP contribution in [0.3, 0.4) is 0 Å². The van der Waals surface area contributed by atoms with E-state index in [-0.39, 0.29) is 17.8 Å². The van der Waals surface area contributed by atoms with E-state index in [9.17, 15) is 9.59 Å². The van der Waals surface area contributed by atoms with Crippen LogP contribution in [0.2, 0.25) is 0 Å². The van der Waals surface area contributed by atoms with Crippen LogP contribution < -0.4 is 9.47 Å². The van der Waals surface area contributed by atoms with Crippen molar-refractivity contribution in [2.24, 2.45) is 5.92 Å². The van der Waals surface area contributed by atoms with Gasteiger partial charge in [-0.1, -0.05) is 6.92 Å². The van der Waals surface area contributed by atoms with Crippen molar-refractivity contribution in [2.45, 2.75) is 46.5 Å². The van der Waals surface area contributed by atoms with Gasteiger partial charge in [-0.2, -0.15) is 0 Å². The fourth-order valence-electron chi connectivity index (χ4n) is 3.68. The smallest absolute Gasteiger partial charge is 0.308 e. The Balaban J connectivity index is 2.14. The number of hydrogen-bond donors (Lipinski definition) is 0. The Bertz CT molecular complexity index is 879. The Kier molecular flexibility index (Phi) is 9.62. The number of benzene rings is 1. The second-order valence-corrected chi connectivity index (χ2v) is 7.98. The molecule has 1 amide bonds. The minimum atomic E-state index is -0.232. The molecule has 32 heavy (non-hydrogen) atoms. The predicted octanol–water partition coefficient (Wildman–Crippen LogP) is 4.58. The zero-order chi connectivity index (χ0) is 23.7. The number of methoxy groups -OCH3 is 3. The molecule has 0 saturated carbocycles. The van der Waals surface area contributed by atoms with Crippen LogP contribution in [0.15, 0.2) is 28.7 Å². The number of carbonyl (C=O) groups excluding carboxylic acids is 2. The second-order valence-electron chi connectivity index (χ2n) is 7.98. The average Bonchev–Trinajstić information content (AvgIpc) is 3.21. The summed E-state index contributed by atoms with van der Waals surface area (Å²) < 4.78 is 21.3. The molecule has 176 valence electrons. The van der Waals surface area contributed by atoms with Crippen molar-refractivity contribution in [2.75, 3.05) is 34.4 Å². The number of ether oxygens (including phenoxy) is 3. The third kappa shape index (κ3) is 6.77. The summed E-state index contributed by atoms with van der Waals surface area (Å²) in [6.07, 6.45) is 2.86. The number of aryl methyl sites for hydroxylation is 2. The highest BCUT2D eigenvalue weighted by Crippen LogP contribution is 2.30. The van der Waals surface area contributed by atoms with Gasteiger partial charge in [0.15, 0.2) is 0 Å². The number of furan rings is 1. The molecule has 0 aliphatic carbocycles. The third-order valence-electron chi connectivity index (χ3n) is 5.60. The summed E-state index contributed by atoms with van der Waals surface area (Å²) >= 11 is 0. The van der Waals surface area contributed by atoms with Crippen LogP contribution in [-0.2, 0) is 16.0 Å². The van der Waals surface area contributed by atoms with E-state index in [1.165, 1.54) is 7.11 Å². The summed E-state index contributed by atoms with van der Waals surface area (Å²) in [6, 6.07) is 7.41. The van der Waals surface area contributed by atoms with Crippen LogP contribution in [-0.4, -0.2) is 51.2 Å². The maximum Gasteiger partial charge on any atom is 0.308 e. The lowest BCUT2D eigenvalue weighted by atomic mass is 10.0. The van der Waals surface area contributed by atoms with Crippen LogP contribution in [0.25, 0.3) is 0 Å². The van der Waals surface area contributed by atoms with Crippen molar-refractivity contribution in [1.82, 2.24) is 4.90 Å². The summed E-state index contributed by atoms with van der Waals surface area (Å²) in [4.78, 5) is 26.9. The van der Waals surface area contributed by atoms with E-state index in [2.05, 4.69) is 0 Å². The number of amides is 1. The Morgan fingerprint density at radius 1 is 1.00 bits per heavy atom. The molecule has 2 rings (SSSR count). The van der Waals surface area contributed by atoms with E-state index < -0.39 is 0 Å². The predicted molar refractivity (Wildman–Crippen MR) is 122 cm³/mol. The molecule has 1 heterocycles. The van der Waals surface area contributed by atoms with Gasteiger partial charge in [-0.15, -0.1) is 0 Å². The first-order chi connectivity index (χ1) is 15.3. The molecule has 0 aliphatic rings. The summed E-state index contributed by atoms with van der Waals surface area (Å²) in [5, 5.41) is 0. The van der Waals surface area contributed by atoms with Gasteiger partial charge in [-0.25, -0.2) is 0 Å². The number of carbonyl (C=O) groups is 2. The second kappa shape index (κ2) is 12.2. The molecule has 1 atom stereocenters.